The van der Waals surface area contributed by atoms with Crippen LogP contribution in [-0.2, 0) is 13.6 Å². The lowest BCUT2D eigenvalue weighted by Gasteiger charge is -2.09. The first kappa shape index (κ1) is 15.4. The van der Waals surface area contributed by atoms with E-state index in [1.54, 1.807) is 10.7 Å². The largest absolute Gasteiger partial charge is 0.503 e. The topological polar surface area (TPSA) is 76.4 Å². The van der Waals surface area contributed by atoms with E-state index in [1.165, 1.54) is 13.2 Å². The Hall–Kier alpha value is -2.02. The number of rotatable bonds is 4. The molecule has 6 nitrogen and oxygen atoms in total. The number of carbonyl (C=O) groups is 1. The van der Waals surface area contributed by atoms with E-state index in [0.29, 0.717) is 16.6 Å². The number of amides is 1. The quantitative estimate of drug-likeness (QED) is 0.882. The zero-order valence-corrected chi connectivity index (χ0v) is 13.6. The van der Waals surface area contributed by atoms with Gasteiger partial charge in [0.25, 0.3) is 5.91 Å². The summed E-state index contributed by atoms with van der Waals surface area (Å²) in [5.74, 6) is -0.0581. The SMILES string of the molecule is COc1cc(C(=O)NCc2nn(C)cc2C)cc(Br)c1O. The average molecular weight is 354 g/mol. The van der Waals surface area contributed by atoms with E-state index in [0.717, 1.165) is 11.3 Å². The van der Waals surface area contributed by atoms with Gasteiger partial charge in [0, 0.05) is 18.8 Å². The zero-order valence-electron chi connectivity index (χ0n) is 12.0. The molecule has 0 aliphatic heterocycles. The molecule has 1 heterocycles. The van der Waals surface area contributed by atoms with Gasteiger partial charge in [-0.05, 0) is 40.5 Å². The molecule has 0 spiro atoms. The highest BCUT2D eigenvalue weighted by atomic mass is 79.9. The van der Waals surface area contributed by atoms with Gasteiger partial charge in [-0.25, -0.2) is 0 Å². The molecule has 2 aromatic rings. The van der Waals surface area contributed by atoms with Crippen LogP contribution in [0.1, 0.15) is 21.6 Å². The van der Waals surface area contributed by atoms with Crippen molar-refractivity contribution in [3.05, 3.63) is 39.6 Å². The summed E-state index contributed by atoms with van der Waals surface area (Å²) in [4.78, 5) is 12.2. The third kappa shape index (κ3) is 3.36. The summed E-state index contributed by atoms with van der Waals surface area (Å²) >= 11 is 3.19. The molecule has 1 amide bonds. The van der Waals surface area contributed by atoms with Gasteiger partial charge >= 0.3 is 0 Å². The van der Waals surface area contributed by atoms with E-state index in [1.807, 2.05) is 20.2 Å². The van der Waals surface area contributed by atoms with Crippen LogP contribution in [0, 0.1) is 6.92 Å². The molecule has 7 heteroatoms. The Balaban J connectivity index is 2.14. The first-order chi connectivity index (χ1) is 9.92. The van der Waals surface area contributed by atoms with Gasteiger partial charge in [-0.1, -0.05) is 0 Å². The van der Waals surface area contributed by atoms with Gasteiger partial charge in [0.1, 0.15) is 0 Å². The zero-order chi connectivity index (χ0) is 15.6. The smallest absolute Gasteiger partial charge is 0.251 e. The van der Waals surface area contributed by atoms with E-state index >= 15 is 0 Å². The van der Waals surface area contributed by atoms with Gasteiger partial charge in [-0.15, -0.1) is 0 Å². The number of phenolic OH excluding ortho intramolecular Hbond substituents is 1. The van der Waals surface area contributed by atoms with Gasteiger partial charge in [-0.3, -0.25) is 9.48 Å². The maximum atomic E-state index is 12.2. The van der Waals surface area contributed by atoms with Crippen molar-refractivity contribution in [3.63, 3.8) is 0 Å². The Morgan fingerprint density at radius 1 is 1.52 bits per heavy atom. The minimum Gasteiger partial charge on any atom is -0.503 e. The molecule has 0 radical (unpaired) electrons. The first-order valence-electron chi connectivity index (χ1n) is 6.26. The molecule has 1 aromatic carbocycles. The number of aromatic hydroxyl groups is 1. The molecule has 0 saturated carbocycles. The lowest BCUT2D eigenvalue weighted by Crippen LogP contribution is -2.23. The molecule has 0 aliphatic rings. The van der Waals surface area contributed by atoms with E-state index in [2.05, 4.69) is 26.3 Å². The van der Waals surface area contributed by atoms with Gasteiger partial charge < -0.3 is 15.2 Å². The minimum atomic E-state index is -0.265. The monoisotopic (exact) mass is 353 g/mol. The van der Waals surface area contributed by atoms with Gasteiger partial charge in [-0.2, -0.15) is 5.10 Å². The average Bonchev–Trinajstić information content (AvgIpc) is 2.77. The maximum absolute atomic E-state index is 12.2. The van der Waals surface area contributed by atoms with Crippen molar-refractivity contribution in [2.45, 2.75) is 13.5 Å². The van der Waals surface area contributed by atoms with Crippen molar-refractivity contribution in [1.29, 1.82) is 0 Å². The fourth-order valence-corrected chi connectivity index (χ4v) is 2.40. The van der Waals surface area contributed by atoms with Gasteiger partial charge in [0.05, 0.1) is 23.8 Å². The number of hydrogen-bond acceptors (Lipinski definition) is 4. The Morgan fingerprint density at radius 2 is 2.24 bits per heavy atom. The normalized spacial score (nSPS) is 10.5. The second-order valence-corrected chi connectivity index (χ2v) is 5.48. The fourth-order valence-electron chi connectivity index (χ4n) is 1.95. The number of benzene rings is 1. The van der Waals surface area contributed by atoms with Crippen molar-refractivity contribution < 1.29 is 14.6 Å². The Morgan fingerprint density at radius 3 is 2.81 bits per heavy atom. The number of aromatic nitrogens is 2. The summed E-state index contributed by atoms with van der Waals surface area (Å²) in [5, 5.41) is 16.8. The maximum Gasteiger partial charge on any atom is 0.251 e. The van der Waals surface area contributed by atoms with Crippen LogP contribution in [0.25, 0.3) is 0 Å². The van der Waals surface area contributed by atoms with Crippen LogP contribution < -0.4 is 10.1 Å². The van der Waals surface area contributed by atoms with Crippen molar-refractivity contribution in [1.82, 2.24) is 15.1 Å². The molecule has 1 aromatic heterocycles. The number of hydrogen-bond donors (Lipinski definition) is 2. The van der Waals surface area contributed by atoms with Crippen molar-refractivity contribution in [2.75, 3.05) is 7.11 Å². The highest BCUT2D eigenvalue weighted by Crippen LogP contribution is 2.35. The summed E-state index contributed by atoms with van der Waals surface area (Å²) in [6.45, 7) is 2.28. The van der Waals surface area contributed by atoms with Crippen LogP contribution in [0.2, 0.25) is 0 Å². The van der Waals surface area contributed by atoms with Crippen LogP contribution in [0.15, 0.2) is 22.8 Å². The molecule has 21 heavy (non-hydrogen) atoms. The lowest BCUT2D eigenvalue weighted by atomic mass is 10.2. The molecule has 0 atom stereocenters. The molecule has 0 saturated heterocycles. The van der Waals surface area contributed by atoms with Crippen molar-refractivity contribution >= 4 is 21.8 Å². The summed E-state index contributed by atoms with van der Waals surface area (Å²) in [6, 6.07) is 3.03. The number of aryl methyl sites for hydroxylation is 2. The minimum absolute atomic E-state index is 0.0328. The van der Waals surface area contributed by atoms with Crippen LogP contribution in [0.5, 0.6) is 11.5 Å². The van der Waals surface area contributed by atoms with Crippen LogP contribution >= 0.6 is 15.9 Å². The number of ether oxygens (including phenoxy) is 1. The van der Waals surface area contributed by atoms with Crippen molar-refractivity contribution in [2.24, 2.45) is 7.05 Å². The number of nitrogens with one attached hydrogen (secondary N) is 1. The van der Waals surface area contributed by atoms with E-state index in [4.69, 9.17) is 4.74 Å². The van der Waals surface area contributed by atoms with E-state index in [9.17, 15) is 9.90 Å². The molecule has 0 fully saturated rings. The van der Waals surface area contributed by atoms with Crippen LogP contribution in [0.3, 0.4) is 0 Å². The van der Waals surface area contributed by atoms with Gasteiger partial charge in [0.2, 0.25) is 0 Å². The summed E-state index contributed by atoms with van der Waals surface area (Å²) < 4.78 is 7.14. The second-order valence-electron chi connectivity index (χ2n) is 4.62. The Labute approximate surface area is 130 Å². The number of phenols is 1. The molecule has 0 unspecified atom stereocenters. The third-order valence-corrected chi connectivity index (χ3v) is 3.65. The van der Waals surface area contributed by atoms with Crippen LogP contribution in [-0.4, -0.2) is 27.9 Å². The highest BCUT2D eigenvalue weighted by Gasteiger charge is 2.14. The number of nitrogens with zero attached hydrogens (tertiary/aromatic N) is 2. The molecular formula is C14H16BrN3O3. The standard InChI is InChI=1S/C14H16BrN3O3/c1-8-7-18(2)17-11(8)6-16-14(20)9-4-10(15)13(19)12(5-9)21-3/h4-5,7,19H,6H2,1-3H3,(H,16,20). The predicted octanol–water partition coefficient (Wildman–Crippen LogP) is 2.14. The first-order valence-corrected chi connectivity index (χ1v) is 7.05. The molecule has 0 aliphatic carbocycles. The third-order valence-electron chi connectivity index (χ3n) is 3.04. The van der Waals surface area contributed by atoms with E-state index < -0.39 is 0 Å². The number of carbonyl (C=O) groups excluding carboxylic acids is 1. The fraction of sp³-hybridized carbons (Fsp3) is 0.286. The van der Waals surface area contributed by atoms with Crippen molar-refractivity contribution in [3.8, 4) is 11.5 Å². The second kappa shape index (κ2) is 6.17. The predicted molar refractivity (Wildman–Crippen MR) is 81.5 cm³/mol. The van der Waals surface area contributed by atoms with Gasteiger partial charge in [0.15, 0.2) is 11.5 Å². The van der Waals surface area contributed by atoms with Crippen LogP contribution in [0.4, 0.5) is 0 Å². The van der Waals surface area contributed by atoms with E-state index in [-0.39, 0.29) is 17.4 Å². The Bertz CT molecular complexity index is 682. The summed E-state index contributed by atoms with van der Waals surface area (Å²) in [7, 11) is 3.26. The molecule has 0 bridgehead atoms. The molecule has 112 valence electrons. The highest BCUT2D eigenvalue weighted by molar-refractivity contribution is 9.10. The number of halogens is 1. The molecule has 2 N–H and O–H groups in total. The molecule has 2 rings (SSSR count). The number of methoxy groups -OCH3 is 1. The molecular weight excluding hydrogens is 338 g/mol. The summed E-state index contributed by atoms with van der Waals surface area (Å²) in [6.07, 6.45) is 1.89. The Kier molecular flexibility index (Phi) is 4.52. The lowest BCUT2D eigenvalue weighted by molar-refractivity contribution is 0.0950. The summed E-state index contributed by atoms with van der Waals surface area (Å²) in [5.41, 5.74) is 2.23.